The first-order valence-electron chi connectivity index (χ1n) is 8.43. The third-order valence-corrected chi connectivity index (χ3v) is 4.52. The van der Waals surface area contributed by atoms with E-state index in [4.69, 9.17) is 4.74 Å². The number of nitrogens with one attached hydrogen (secondary N) is 3. The van der Waals surface area contributed by atoms with E-state index >= 15 is 0 Å². The molecule has 1 heterocycles. The molecule has 0 spiro atoms. The average Bonchev–Trinajstić information content (AvgIpc) is 2.55. The molecule has 2 rings (SSSR count). The number of likely N-dealkylation sites (tertiary alicyclic amines) is 1. The molecule has 1 fully saturated rings. The number of rotatable bonds is 5. The van der Waals surface area contributed by atoms with Gasteiger partial charge in [0.25, 0.3) is 11.8 Å². The fourth-order valence-electron chi connectivity index (χ4n) is 2.71. The highest BCUT2D eigenvalue weighted by Crippen LogP contribution is 2.15. The van der Waals surface area contributed by atoms with Crippen LogP contribution in [-0.2, 0) is 9.59 Å². The van der Waals surface area contributed by atoms with E-state index < -0.39 is 0 Å². The van der Waals surface area contributed by atoms with Crippen molar-refractivity contribution in [3.63, 3.8) is 0 Å². The van der Waals surface area contributed by atoms with Gasteiger partial charge in [0.2, 0.25) is 0 Å². The number of hydrogen-bond acceptors (Lipinski definition) is 3. The molecule has 0 unspecified atom stereocenters. The van der Waals surface area contributed by atoms with Crippen LogP contribution in [0.3, 0.4) is 0 Å². The van der Waals surface area contributed by atoms with Crippen molar-refractivity contribution in [1.29, 1.82) is 0 Å². The summed E-state index contributed by atoms with van der Waals surface area (Å²) in [5, 5.41) is 0. The SMILES string of the molecule is O=C(COc1ccc(Br)cc1)NNC(=O)C[NH+]1CCCCCCC1. The molecule has 0 bridgehead atoms. The van der Waals surface area contributed by atoms with Gasteiger partial charge in [0, 0.05) is 4.47 Å². The maximum absolute atomic E-state index is 11.9. The second-order valence-electron chi connectivity index (χ2n) is 6.03. The molecule has 132 valence electrons. The highest BCUT2D eigenvalue weighted by molar-refractivity contribution is 9.10. The number of hydrogen-bond donors (Lipinski definition) is 3. The molecule has 0 radical (unpaired) electrons. The van der Waals surface area contributed by atoms with Gasteiger partial charge in [0.05, 0.1) is 13.1 Å². The van der Waals surface area contributed by atoms with Gasteiger partial charge in [-0.2, -0.15) is 0 Å². The normalized spacial score (nSPS) is 15.9. The van der Waals surface area contributed by atoms with Gasteiger partial charge in [-0.3, -0.25) is 20.4 Å². The molecule has 1 aromatic carbocycles. The zero-order valence-corrected chi connectivity index (χ0v) is 15.4. The largest absolute Gasteiger partial charge is 0.484 e. The van der Waals surface area contributed by atoms with Crippen LogP contribution in [0.2, 0.25) is 0 Å². The summed E-state index contributed by atoms with van der Waals surface area (Å²) >= 11 is 3.33. The van der Waals surface area contributed by atoms with E-state index in [-0.39, 0.29) is 18.4 Å². The van der Waals surface area contributed by atoms with Crippen LogP contribution in [0.5, 0.6) is 5.75 Å². The summed E-state index contributed by atoms with van der Waals surface area (Å²) in [7, 11) is 0. The molecule has 24 heavy (non-hydrogen) atoms. The number of quaternary nitrogens is 1. The van der Waals surface area contributed by atoms with Gasteiger partial charge in [-0.25, -0.2) is 0 Å². The number of halogens is 1. The number of ether oxygens (including phenoxy) is 1. The molecule has 3 N–H and O–H groups in total. The predicted octanol–water partition coefficient (Wildman–Crippen LogP) is 0.824. The molecule has 0 atom stereocenters. The first-order chi connectivity index (χ1) is 11.6. The van der Waals surface area contributed by atoms with E-state index in [1.54, 1.807) is 12.1 Å². The lowest BCUT2D eigenvalue weighted by Crippen LogP contribution is -3.13. The van der Waals surface area contributed by atoms with Crippen molar-refractivity contribution in [2.75, 3.05) is 26.2 Å². The van der Waals surface area contributed by atoms with Gasteiger partial charge in [-0.1, -0.05) is 22.4 Å². The van der Waals surface area contributed by atoms with Crippen LogP contribution in [0.15, 0.2) is 28.7 Å². The molecule has 6 nitrogen and oxygen atoms in total. The third kappa shape index (κ3) is 7.31. The fourth-order valence-corrected chi connectivity index (χ4v) is 2.97. The second kappa shape index (κ2) is 10.3. The quantitative estimate of drug-likeness (QED) is 0.643. The summed E-state index contributed by atoms with van der Waals surface area (Å²) in [6.45, 7) is 2.30. The smallest absolute Gasteiger partial charge is 0.293 e. The number of carbonyl (C=O) groups excluding carboxylic acids is 2. The van der Waals surface area contributed by atoms with Crippen molar-refractivity contribution in [2.45, 2.75) is 32.1 Å². The molecule has 0 aliphatic carbocycles. The van der Waals surface area contributed by atoms with Crippen LogP contribution >= 0.6 is 15.9 Å². The Balaban J connectivity index is 1.63. The van der Waals surface area contributed by atoms with E-state index in [1.807, 2.05) is 12.1 Å². The Hall–Kier alpha value is -1.60. The average molecular weight is 399 g/mol. The molecular formula is C17H25BrN3O3+. The maximum Gasteiger partial charge on any atom is 0.293 e. The third-order valence-electron chi connectivity index (χ3n) is 4.00. The van der Waals surface area contributed by atoms with Crippen LogP contribution < -0.4 is 20.5 Å². The van der Waals surface area contributed by atoms with Crippen molar-refractivity contribution >= 4 is 27.7 Å². The molecular weight excluding hydrogens is 374 g/mol. The minimum absolute atomic E-state index is 0.140. The van der Waals surface area contributed by atoms with E-state index in [0.717, 1.165) is 30.4 Å². The van der Waals surface area contributed by atoms with Gasteiger partial charge in [0.1, 0.15) is 5.75 Å². The van der Waals surface area contributed by atoms with Gasteiger partial charge in [-0.05, 0) is 49.9 Å². The number of benzene rings is 1. The standard InChI is InChI=1S/C17H24BrN3O3/c18-14-6-8-15(9-7-14)24-13-17(23)20-19-16(22)12-21-10-4-2-1-3-5-11-21/h6-9H,1-5,10-13H2,(H,19,22)(H,20,23)/p+1. The highest BCUT2D eigenvalue weighted by atomic mass is 79.9. The van der Waals surface area contributed by atoms with Gasteiger partial charge < -0.3 is 9.64 Å². The van der Waals surface area contributed by atoms with Crippen molar-refractivity contribution in [3.8, 4) is 5.75 Å². The van der Waals surface area contributed by atoms with Crippen LogP contribution in [-0.4, -0.2) is 38.1 Å². The topological polar surface area (TPSA) is 71.9 Å². The zero-order valence-electron chi connectivity index (χ0n) is 13.8. The number of amides is 2. The molecule has 1 aliphatic rings. The molecule has 0 saturated carbocycles. The highest BCUT2D eigenvalue weighted by Gasteiger charge is 2.16. The van der Waals surface area contributed by atoms with Crippen LogP contribution in [0.1, 0.15) is 32.1 Å². The molecule has 1 aliphatic heterocycles. The van der Waals surface area contributed by atoms with Crippen molar-refractivity contribution < 1.29 is 19.2 Å². The summed E-state index contributed by atoms with van der Waals surface area (Å²) < 4.78 is 6.29. The Morgan fingerprint density at radius 2 is 1.54 bits per heavy atom. The lowest BCUT2D eigenvalue weighted by atomic mass is 10.1. The van der Waals surface area contributed by atoms with Crippen LogP contribution in [0.25, 0.3) is 0 Å². The van der Waals surface area contributed by atoms with Crippen molar-refractivity contribution in [3.05, 3.63) is 28.7 Å². The second-order valence-corrected chi connectivity index (χ2v) is 6.95. The Bertz CT molecular complexity index is 528. The fraction of sp³-hybridized carbons (Fsp3) is 0.529. The zero-order chi connectivity index (χ0) is 17.2. The number of carbonyl (C=O) groups is 2. The van der Waals surface area contributed by atoms with Crippen molar-refractivity contribution in [2.24, 2.45) is 0 Å². The molecule has 0 aromatic heterocycles. The number of hydrazine groups is 1. The summed E-state index contributed by atoms with van der Waals surface area (Å²) in [5.41, 5.74) is 4.86. The van der Waals surface area contributed by atoms with E-state index in [2.05, 4.69) is 26.8 Å². The molecule has 1 saturated heterocycles. The summed E-state index contributed by atoms with van der Waals surface area (Å²) in [6, 6.07) is 7.20. The Morgan fingerprint density at radius 3 is 2.21 bits per heavy atom. The van der Waals surface area contributed by atoms with Crippen LogP contribution in [0.4, 0.5) is 0 Å². The van der Waals surface area contributed by atoms with E-state index in [1.165, 1.54) is 24.2 Å². The summed E-state index contributed by atoms with van der Waals surface area (Å²) in [5.74, 6) is 0.0567. The minimum atomic E-state index is -0.381. The Morgan fingerprint density at radius 1 is 0.958 bits per heavy atom. The monoisotopic (exact) mass is 398 g/mol. The maximum atomic E-state index is 11.9. The molecule has 1 aromatic rings. The Kier molecular flexibility index (Phi) is 8.04. The van der Waals surface area contributed by atoms with Gasteiger partial charge in [-0.15, -0.1) is 0 Å². The van der Waals surface area contributed by atoms with E-state index in [0.29, 0.717) is 12.3 Å². The summed E-state index contributed by atoms with van der Waals surface area (Å²) in [6.07, 6.45) is 6.12. The van der Waals surface area contributed by atoms with E-state index in [9.17, 15) is 9.59 Å². The lowest BCUT2D eigenvalue weighted by molar-refractivity contribution is -0.893. The predicted molar refractivity (Wildman–Crippen MR) is 94.6 cm³/mol. The molecule has 7 heteroatoms. The summed E-state index contributed by atoms with van der Waals surface area (Å²) in [4.78, 5) is 24.9. The van der Waals surface area contributed by atoms with Crippen LogP contribution in [0, 0.1) is 0 Å². The lowest BCUT2D eigenvalue weighted by Gasteiger charge is -2.21. The Labute approximate surface area is 151 Å². The van der Waals surface area contributed by atoms with Gasteiger partial charge in [0.15, 0.2) is 13.2 Å². The first-order valence-corrected chi connectivity index (χ1v) is 9.22. The minimum Gasteiger partial charge on any atom is -0.484 e. The van der Waals surface area contributed by atoms with Gasteiger partial charge >= 0.3 is 0 Å². The first kappa shape index (κ1) is 18.7. The molecule has 2 amide bonds. The van der Waals surface area contributed by atoms with Crippen molar-refractivity contribution in [1.82, 2.24) is 10.9 Å².